The van der Waals surface area contributed by atoms with E-state index in [0.29, 0.717) is 6.54 Å². The van der Waals surface area contributed by atoms with E-state index in [-0.39, 0.29) is 16.9 Å². The highest BCUT2D eigenvalue weighted by Crippen LogP contribution is 2.32. The number of nitrogens with zero attached hydrogens (tertiary/aromatic N) is 3. The number of aromatic nitrogens is 3. The molecule has 3 heterocycles. The van der Waals surface area contributed by atoms with Crippen molar-refractivity contribution in [3.8, 4) is 11.1 Å². The second kappa shape index (κ2) is 7.62. The van der Waals surface area contributed by atoms with Crippen molar-refractivity contribution in [1.29, 1.82) is 0 Å². The van der Waals surface area contributed by atoms with E-state index in [1.807, 2.05) is 13.1 Å². The number of aromatic amines is 1. The second-order valence-electron chi connectivity index (χ2n) is 8.21. The van der Waals surface area contributed by atoms with Gasteiger partial charge in [0, 0.05) is 48.0 Å². The minimum absolute atomic E-state index is 0.102. The van der Waals surface area contributed by atoms with Crippen LogP contribution in [0.4, 0.5) is 4.39 Å². The van der Waals surface area contributed by atoms with E-state index in [2.05, 4.69) is 45.2 Å². The fourth-order valence-electron chi connectivity index (χ4n) is 4.54. The molecule has 0 radical (unpaired) electrons. The van der Waals surface area contributed by atoms with Crippen molar-refractivity contribution in [3.05, 3.63) is 72.9 Å². The van der Waals surface area contributed by atoms with Gasteiger partial charge in [-0.15, -0.1) is 0 Å². The minimum Gasteiger partial charge on any atom is -0.347 e. The third-order valence-electron chi connectivity index (χ3n) is 6.08. The Labute approximate surface area is 180 Å². The molecule has 0 spiro atoms. The summed E-state index contributed by atoms with van der Waals surface area (Å²) in [6, 6.07) is 13.3. The predicted octanol–water partition coefficient (Wildman–Crippen LogP) is 4.27. The van der Waals surface area contributed by atoms with Gasteiger partial charge in [-0.25, -0.2) is 12.8 Å². The fourth-order valence-corrected chi connectivity index (χ4v) is 6.26. The molecular weight excluding hydrogens is 415 g/mol. The predicted molar refractivity (Wildman–Crippen MR) is 117 cm³/mol. The van der Waals surface area contributed by atoms with Crippen molar-refractivity contribution >= 4 is 20.9 Å². The zero-order valence-corrected chi connectivity index (χ0v) is 17.9. The highest BCUT2D eigenvalue weighted by molar-refractivity contribution is 7.89. The Morgan fingerprint density at radius 1 is 1.13 bits per heavy atom. The van der Waals surface area contributed by atoms with Gasteiger partial charge in [-0.2, -0.15) is 9.40 Å². The monoisotopic (exact) mass is 438 g/mol. The highest BCUT2D eigenvalue weighted by atomic mass is 32.2. The van der Waals surface area contributed by atoms with E-state index in [1.165, 1.54) is 24.3 Å². The summed E-state index contributed by atoms with van der Waals surface area (Å²) in [6.07, 6.45) is 6.52. The topological polar surface area (TPSA) is 71.0 Å². The number of nitrogens with one attached hydrogen (secondary N) is 1. The fraction of sp³-hybridized carbons (Fsp3) is 0.261. The van der Waals surface area contributed by atoms with Crippen LogP contribution in [0.1, 0.15) is 13.3 Å². The molecule has 6 nitrogen and oxygen atoms in total. The van der Waals surface area contributed by atoms with Crippen molar-refractivity contribution in [1.82, 2.24) is 19.1 Å². The van der Waals surface area contributed by atoms with Crippen LogP contribution >= 0.6 is 0 Å². The van der Waals surface area contributed by atoms with Gasteiger partial charge in [0.05, 0.1) is 11.1 Å². The molecule has 2 atom stereocenters. The first-order valence-corrected chi connectivity index (χ1v) is 11.7. The molecule has 1 saturated heterocycles. The molecule has 0 amide bonds. The molecule has 1 N–H and O–H groups in total. The Balaban J connectivity index is 1.35. The maximum atomic E-state index is 13.2. The minimum atomic E-state index is -3.64. The third kappa shape index (κ3) is 3.66. The average molecular weight is 439 g/mol. The molecule has 2 aromatic carbocycles. The summed E-state index contributed by atoms with van der Waals surface area (Å²) in [5, 5.41) is 7.99. The summed E-state index contributed by atoms with van der Waals surface area (Å²) >= 11 is 0. The number of rotatable bonds is 5. The molecule has 160 valence electrons. The smallest absolute Gasteiger partial charge is 0.243 e. The Morgan fingerprint density at radius 3 is 2.68 bits per heavy atom. The molecule has 1 fully saturated rings. The Hall–Kier alpha value is -2.97. The lowest BCUT2D eigenvalue weighted by atomic mass is 10.1. The molecule has 0 aliphatic carbocycles. The summed E-state index contributed by atoms with van der Waals surface area (Å²) in [6.45, 7) is 3.13. The number of fused-ring (bicyclic) bond motifs is 1. The van der Waals surface area contributed by atoms with Crippen LogP contribution in [-0.2, 0) is 16.6 Å². The van der Waals surface area contributed by atoms with Gasteiger partial charge in [0.15, 0.2) is 0 Å². The highest BCUT2D eigenvalue weighted by Gasteiger charge is 2.38. The van der Waals surface area contributed by atoms with Gasteiger partial charge >= 0.3 is 0 Å². The number of hydrogen-bond donors (Lipinski definition) is 1. The van der Waals surface area contributed by atoms with Crippen molar-refractivity contribution in [2.75, 3.05) is 6.54 Å². The quantitative estimate of drug-likeness (QED) is 0.506. The first-order valence-electron chi connectivity index (χ1n) is 10.3. The van der Waals surface area contributed by atoms with E-state index in [0.717, 1.165) is 35.0 Å². The van der Waals surface area contributed by atoms with Gasteiger partial charge < -0.3 is 4.57 Å². The molecule has 31 heavy (non-hydrogen) atoms. The van der Waals surface area contributed by atoms with Gasteiger partial charge in [0.1, 0.15) is 5.82 Å². The molecule has 1 aliphatic heterocycles. The van der Waals surface area contributed by atoms with E-state index in [9.17, 15) is 12.8 Å². The SMILES string of the molecule is C[C@@H]1C[C@@H](Cn2ccc3cc(-c4cn[nH]c4)ccc32)CN1S(=O)(=O)c1ccc(F)cc1. The van der Waals surface area contributed by atoms with Crippen molar-refractivity contribution in [2.24, 2.45) is 5.92 Å². The van der Waals surface area contributed by atoms with Crippen LogP contribution in [0.2, 0.25) is 0 Å². The second-order valence-corrected chi connectivity index (χ2v) is 10.1. The zero-order valence-electron chi connectivity index (χ0n) is 17.1. The summed E-state index contributed by atoms with van der Waals surface area (Å²) in [5.74, 6) is -0.240. The molecule has 4 aromatic rings. The molecule has 8 heteroatoms. The van der Waals surface area contributed by atoms with Gasteiger partial charge in [-0.1, -0.05) is 6.07 Å². The van der Waals surface area contributed by atoms with Crippen LogP contribution in [-0.4, -0.2) is 40.1 Å². The number of hydrogen-bond acceptors (Lipinski definition) is 3. The number of H-pyrrole nitrogens is 1. The summed E-state index contributed by atoms with van der Waals surface area (Å²) in [7, 11) is -3.64. The molecule has 0 bridgehead atoms. The summed E-state index contributed by atoms with van der Waals surface area (Å²) in [5.41, 5.74) is 3.27. The maximum Gasteiger partial charge on any atom is 0.243 e. The third-order valence-corrected chi connectivity index (χ3v) is 8.08. The molecule has 2 aromatic heterocycles. The van der Waals surface area contributed by atoms with Gasteiger partial charge in [0.2, 0.25) is 10.0 Å². The van der Waals surface area contributed by atoms with E-state index in [4.69, 9.17) is 0 Å². The first-order chi connectivity index (χ1) is 14.9. The molecular formula is C23H23FN4O2S. The maximum absolute atomic E-state index is 13.2. The van der Waals surface area contributed by atoms with Crippen molar-refractivity contribution in [3.63, 3.8) is 0 Å². The normalized spacial score (nSPS) is 19.9. The summed E-state index contributed by atoms with van der Waals surface area (Å²) in [4.78, 5) is 0.139. The van der Waals surface area contributed by atoms with E-state index < -0.39 is 15.8 Å². The zero-order chi connectivity index (χ0) is 21.6. The first kappa shape index (κ1) is 20.0. The Bertz CT molecular complexity index is 1310. The largest absolute Gasteiger partial charge is 0.347 e. The van der Waals surface area contributed by atoms with E-state index >= 15 is 0 Å². The lowest BCUT2D eigenvalue weighted by Gasteiger charge is -2.21. The van der Waals surface area contributed by atoms with Crippen LogP contribution in [0, 0.1) is 11.7 Å². The van der Waals surface area contributed by atoms with Gasteiger partial charge in [-0.05, 0) is 67.3 Å². The van der Waals surface area contributed by atoms with Crippen LogP contribution in [0.3, 0.4) is 0 Å². The standard InChI is InChI=1S/C23H23FN4O2S/c1-16-10-17(15-28(16)31(29,30)22-5-3-21(24)4-6-22)14-27-9-8-19-11-18(2-7-23(19)27)20-12-25-26-13-20/h2-9,11-13,16-17H,10,14-15H2,1H3,(H,25,26)/t16-,17+/m1/s1. The van der Waals surface area contributed by atoms with Gasteiger partial charge in [0.25, 0.3) is 0 Å². The molecule has 0 saturated carbocycles. The van der Waals surface area contributed by atoms with Crippen LogP contribution in [0.25, 0.3) is 22.0 Å². The summed E-state index contributed by atoms with van der Waals surface area (Å²) < 4.78 is 43.1. The van der Waals surface area contributed by atoms with E-state index in [1.54, 1.807) is 10.5 Å². The van der Waals surface area contributed by atoms with Crippen LogP contribution in [0.15, 0.2) is 72.0 Å². The van der Waals surface area contributed by atoms with Gasteiger partial charge in [-0.3, -0.25) is 5.10 Å². The number of sulfonamides is 1. The number of halogens is 1. The molecule has 5 rings (SSSR count). The number of benzene rings is 2. The molecule has 1 aliphatic rings. The average Bonchev–Trinajstić information content (AvgIpc) is 3.49. The van der Waals surface area contributed by atoms with Crippen LogP contribution in [0.5, 0.6) is 0 Å². The Kier molecular flexibility index (Phi) is 4.91. The lowest BCUT2D eigenvalue weighted by molar-refractivity contribution is 0.399. The van der Waals surface area contributed by atoms with Crippen molar-refractivity contribution < 1.29 is 12.8 Å². The Morgan fingerprint density at radius 2 is 1.94 bits per heavy atom. The van der Waals surface area contributed by atoms with Crippen molar-refractivity contribution in [2.45, 2.75) is 30.8 Å². The van der Waals surface area contributed by atoms with Crippen LogP contribution < -0.4 is 0 Å². The molecule has 0 unspecified atom stereocenters. The lowest BCUT2D eigenvalue weighted by Crippen LogP contribution is -2.34.